The molecule has 0 saturated heterocycles. The van der Waals surface area contributed by atoms with Gasteiger partial charge in [0.05, 0.1) is 5.54 Å². The molecule has 3 nitrogen and oxygen atoms in total. The molecular formula is C8H16N2O. The molecule has 1 fully saturated rings. The van der Waals surface area contributed by atoms with Crippen LogP contribution in [0.2, 0.25) is 0 Å². The molecule has 0 aliphatic heterocycles. The first-order chi connectivity index (χ1) is 5.05. The minimum atomic E-state index is -0.781. The number of primary amides is 1. The van der Waals surface area contributed by atoms with Crippen LogP contribution in [0.15, 0.2) is 0 Å². The standard InChI is InChI=1S/C8H16N2O/c1-8(10,7(9)11)6-4-2-3-5-6/h6H,2-5,10H2,1H3,(H2,9,11). The van der Waals surface area contributed by atoms with Crippen LogP contribution in [0.25, 0.3) is 0 Å². The zero-order valence-electron chi connectivity index (χ0n) is 6.97. The molecule has 0 radical (unpaired) electrons. The maximum absolute atomic E-state index is 10.9. The van der Waals surface area contributed by atoms with Gasteiger partial charge in [0, 0.05) is 0 Å². The monoisotopic (exact) mass is 156 g/mol. The number of hydrogen-bond donors (Lipinski definition) is 2. The van der Waals surface area contributed by atoms with Crippen molar-refractivity contribution >= 4 is 5.91 Å². The Kier molecular flexibility index (Phi) is 2.18. The molecule has 1 atom stereocenters. The predicted molar refractivity (Wildman–Crippen MR) is 43.7 cm³/mol. The number of carbonyl (C=O) groups is 1. The van der Waals surface area contributed by atoms with Crippen LogP contribution in [0.1, 0.15) is 32.6 Å². The zero-order chi connectivity index (χ0) is 8.48. The van der Waals surface area contributed by atoms with E-state index in [1.165, 1.54) is 12.8 Å². The van der Waals surface area contributed by atoms with Gasteiger partial charge in [0.2, 0.25) is 5.91 Å². The summed E-state index contributed by atoms with van der Waals surface area (Å²) < 4.78 is 0. The van der Waals surface area contributed by atoms with Gasteiger partial charge in [0.1, 0.15) is 0 Å². The fourth-order valence-corrected chi connectivity index (χ4v) is 1.73. The van der Waals surface area contributed by atoms with E-state index in [9.17, 15) is 4.79 Å². The molecule has 0 aromatic heterocycles. The van der Waals surface area contributed by atoms with Crippen LogP contribution in [0, 0.1) is 5.92 Å². The van der Waals surface area contributed by atoms with Gasteiger partial charge in [-0.2, -0.15) is 0 Å². The average Bonchev–Trinajstić information content (AvgIpc) is 2.37. The average molecular weight is 156 g/mol. The van der Waals surface area contributed by atoms with Gasteiger partial charge in [-0.1, -0.05) is 12.8 Å². The lowest BCUT2D eigenvalue weighted by atomic mass is 9.85. The van der Waals surface area contributed by atoms with Crippen LogP contribution >= 0.6 is 0 Å². The molecule has 1 aliphatic rings. The lowest BCUT2D eigenvalue weighted by Gasteiger charge is -2.27. The lowest BCUT2D eigenvalue weighted by molar-refractivity contribution is -0.124. The maximum atomic E-state index is 10.9. The summed E-state index contributed by atoms with van der Waals surface area (Å²) in [7, 11) is 0. The van der Waals surface area contributed by atoms with Crippen LogP contribution in [-0.4, -0.2) is 11.4 Å². The van der Waals surface area contributed by atoms with Crippen LogP contribution in [0.3, 0.4) is 0 Å². The van der Waals surface area contributed by atoms with Gasteiger partial charge in [-0.15, -0.1) is 0 Å². The number of nitrogens with two attached hydrogens (primary N) is 2. The van der Waals surface area contributed by atoms with Crippen molar-refractivity contribution in [3.8, 4) is 0 Å². The highest BCUT2D eigenvalue weighted by Gasteiger charge is 2.37. The summed E-state index contributed by atoms with van der Waals surface area (Å²) in [6.45, 7) is 1.74. The molecule has 1 saturated carbocycles. The Labute approximate surface area is 67.1 Å². The fourth-order valence-electron chi connectivity index (χ4n) is 1.73. The largest absolute Gasteiger partial charge is 0.368 e. The zero-order valence-corrected chi connectivity index (χ0v) is 6.97. The number of amides is 1. The molecule has 64 valence electrons. The first kappa shape index (κ1) is 8.53. The molecule has 11 heavy (non-hydrogen) atoms. The third-order valence-corrected chi connectivity index (χ3v) is 2.73. The molecule has 1 rings (SSSR count). The third-order valence-electron chi connectivity index (χ3n) is 2.73. The summed E-state index contributed by atoms with van der Waals surface area (Å²) in [6.07, 6.45) is 4.47. The molecule has 1 aliphatic carbocycles. The molecule has 0 spiro atoms. The van der Waals surface area contributed by atoms with Gasteiger partial charge in [-0.25, -0.2) is 0 Å². The Bertz CT molecular complexity index is 159. The molecule has 0 aromatic carbocycles. The van der Waals surface area contributed by atoms with E-state index in [-0.39, 0.29) is 5.91 Å². The van der Waals surface area contributed by atoms with Gasteiger partial charge in [0.25, 0.3) is 0 Å². The van der Waals surface area contributed by atoms with Gasteiger partial charge >= 0.3 is 0 Å². The minimum Gasteiger partial charge on any atom is -0.368 e. The summed E-state index contributed by atoms with van der Waals surface area (Å²) >= 11 is 0. The summed E-state index contributed by atoms with van der Waals surface area (Å²) in [5.74, 6) is -0.0654. The van der Waals surface area contributed by atoms with E-state index in [1.807, 2.05) is 0 Å². The van der Waals surface area contributed by atoms with Crippen LogP contribution in [0.4, 0.5) is 0 Å². The van der Waals surface area contributed by atoms with Gasteiger partial charge in [0.15, 0.2) is 0 Å². The van der Waals surface area contributed by atoms with Crippen molar-refractivity contribution in [2.24, 2.45) is 17.4 Å². The van der Waals surface area contributed by atoms with Crippen LogP contribution in [0.5, 0.6) is 0 Å². The van der Waals surface area contributed by atoms with Gasteiger partial charge in [-0.05, 0) is 25.7 Å². The Morgan fingerprint density at radius 1 is 1.45 bits per heavy atom. The van der Waals surface area contributed by atoms with E-state index in [2.05, 4.69) is 0 Å². The number of carbonyl (C=O) groups excluding carboxylic acids is 1. The van der Waals surface area contributed by atoms with Crippen molar-refractivity contribution in [1.82, 2.24) is 0 Å². The second-order valence-electron chi connectivity index (χ2n) is 3.63. The Hall–Kier alpha value is -0.570. The molecule has 1 amide bonds. The first-order valence-corrected chi connectivity index (χ1v) is 4.14. The van der Waals surface area contributed by atoms with E-state index in [4.69, 9.17) is 11.5 Å². The summed E-state index contributed by atoms with van der Waals surface area (Å²) in [6, 6.07) is 0. The maximum Gasteiger partial charge on any atom is 0.237 e. The fraction of sp³-hybridized carbons (Fsp3) is 0.875. The van der Waals surface area contributed by atoms with E-state index < -0.39 is 5.54 Å². The second-order valence-corrected chi connectivity index (χ2v) is 3.63. The first-order valence-electron chi connectivity index (χ1n) is 4.14. The van der Waals surface area contributed by atoms with Crippen molar-refractivity contribution in [1.29, 1.82) is 0 Å². The van der Waals surface area contributed by atoms with Crippen LogP contribution in [-0.2, 0) is 4.79 Å². The molecule has 4 N–H and O–H groups in total. The van der Waals surface area contributed by atoms with E-state index in [0.717, 1.165) is 12.8 Å². The molecule has 0 aromatic rings. The van der Waals surface area contributed by atoms with Gasteiger partial charge in [-0.3, -0.25) is 4.79 Å². The summed E-state index contributed by atoms with van der Waals surface area (Å²) in [5.41, 5.74) is 10.2. The van der Waals surface area contributed by atoms with E-state index in [1.54, 1.807) is 6.92 Å². The highest BCUT2D eigenvalue weighted by molar-refractivity contribution is 5.84. The predicted octanol–water partition coefficient (Wildman–Crippen LogP) is 0.379. The van der Waals surface area contributed by atoms with Gasteiger partial charge < -0.3 is 11.5 Å². The van der Waals surface area contributed by atoms with Crippen molar-refractivity contribution in [2.75, 3.05) is 0 Å². The highest BCUT2D eigenvalue weighted by atomic mass is 16.1. The van der Waals surface area contributed by atoms with Crippen LogP contribution < -0.4 is 11.5 Å². The highest BCUT2D eigenvalue weighted by Crippen LogP contribution is 2.32. The Morgan fingerprint density at radius 3 is 2.27 bits per heavy atom. The number of hydrogen-bond acceptors (Lipinski definition) is 2. The molecule has 0 heterocycles. The van der Waals surface area contributed by atoms with Crippen molar-refractivity contribution in [3.63, 3.8) is 0 Å². The minimum absolute atomic E-state index is 0.306. The summed E-state index contributed by atoms with van der Waals surface area (Å²) in [5, 5.41) is 0. The Balaban J connectivity index is 2.62. The molecular weight excluding hydrogens is 140 g/mol. The van der Waals surface area contributed by atoms with E-state index >= 15 is 0 Å². The topological polar surface area (TPSA) is 69.1 Å². The Morgan fingerprint density at radius 2 is 1.91 bits per heavy atom. The number of rotatable bonds is 2. The lowest BCUT2D eigenvalue weighted by Crippen LogP contribution is -2.54. The summed E-state index contributed by atoms with van der Waals surface area (Å²) in [4.78, 5) is 10.9. The molecule has 0 bridgehead atoms. The second kappa shape index (κ2) is 2.81. The van der Waals surface area contributed by atoms with Crippen molar-refractivity contribution in [2.45, 2.75) is 38.1 Å². The third kappa shape index (κ3) is 1.53. The van der Waals surface area contributed by atoms with Crippen molar-refractivity contribution < 1.29 is 4.79 Å². The smallest absolute Gasteiger partial charge is 0.237 e. The quantitative estimate of drug-likeness (QED) is 0.606. The molecule has 3 heteroatoms. The molecule has 1 unspecified atom stereocenters. The van der Waals surface area contributed by atoms with E-state index in [0.29, 0.717) is 5.92 Å². The normalized spacial score (nSPS) is 24.9. The SMILES string of the molecule is CC(N)(C(N)=O)C1CCCC1. The van der Waals surface area contributed by atoms with Crippen molar-refractivity contribution in [3.05, 3.63) is 0 Å².